The van der Waals surface area contributed by atoms with Gasteiger partial charge in [-0.1, -0.05) is 0 Å². The monoisotopic (exact) mass is 260 g/mol. The molecule has 2 aliphatic rings. The highest BCUT2D eigenvalue weighted by Crippen LogP contribution is 2.32. The standard InChI is InChI=1S/C12H24N2O2S/c1-10(2)14(9-11-5-6-11)17(15,16)12-4-3-7-13-8-12/h10-13H,3-9H2,1-2H3. The van der Waals surface area contributed by atoms with E-state index in [9.17, 15) is 8.42 Å². The second-order valence-electron chi connectivity index (χ2n) is 5.62. The number of nitrogens with one attached hydrogen (secondary N) is 1. The van der Waals surface area contributed by atoms with Crippen molar-refractivity contribution in [3.8, 4) is 0 Å². The van der Waals surface area contributed by atoms with E-state index in [2.05, 4.69) is 5.32 Å². The molecule has 5 heteroatoms. The lowest BCUT2D eigenvalue weighted by Gasteiger charge is -2.32. The molecule has 1 heterocycles. The van der Waals surface area contributed by atoms with Crippen LogP contribution < -0.4 is 5.32 Å². The summed E-state index contributed by atoms with van der Waals surface area (Å²) >= 11 is 0. The number of hydrogen-bond donors (Lipinski definition) is 1. The number of nitrogens with zero attached hydrogens (tertiary/aromatic N) is 1. The molecule has 0 aromatic rings. The van der Waals surface area contributed by atoms with E-state index < -0.39 is 10.0 Å². The summed E-state index contributed by atoms with van der Waals surface area (Å²) < 4.78 is 26.9. The largest absolute Gasteiger partial charge is 0.315 e. The lowest BCUT2D eigenvalue weighted by molar-refractivity contribution is 0.331. The van der Waals surface area contributed by atoms with Crippen molar-refractivity contribution in [3.63, 3.8) is 0 Å². The Hall–Kier alpha value is -0.130. The second-order valence-corrected chi connectivity index (χ2v) is 7.79. The van der Waals surface area contributed by atoms with Gasteiger partial charge in [-0.15, -0.1) is 0 Å². The van der Waals surface area contributed by atoms with Crippen LogP contribution in [0.1, 0.15) is 39.5 Å². The molecule has 1 saturated heterocycles. The highest BCUT2D eigenvalue weighted by atomic mass is 32.2. The first kappa shape index (κ1) is 13.3. The third kappa shape index (κ3) is 3.20. The smallest absolute Gasteiger partial charge is 0.218 e. The van der Waals surface area contributed by atoms with Gasteiger partial charge in [0, 0.05) is 19.1 Å². The molecule has 0 aromatic carbocycles. The van der Waals surface area contributed by atoms with Gasteiger partial charge in [-0.2, -0.15) is 4.31 Å². The Morgan fingerprint density at radius 2 is 2.00 bits per heavy atom. The zero-order valence-electron chi connectivity index (χ0n) is 10.9. The van der Waals surface area contributed by atoms with Crippen molar-refractivity contribution in [2.75, 3.05) is 19.6 Å². The van der Waals surface area contributed by atoms with Crippen LogP contribution in [0.15, 0.2) is 0 Å². The van der Waals surface area contributed by atoms with Gasteiger partial charge in [0.05, 0.1) is 5.25 Å². The fourth-order valence-electron chi connectivity index (χ4n) is 2.43. The maximum absolute atomic E-state index is 12.6. The van der Waals surface area contributed by atoms with Crippen molar-refractivity contribution >= 4 is 10.0 Å². The molecule has 2 rings (SSSR count). The van der Waals surface area contributed by atoms with Gasteiger partial charge in [0.25, 0.3) is 0 Å². The lowest BCUT2D eigenvalue weighted by atomic mass is 10.2. The van der Waals surface area contributed by atoms with E-state index in [4.69, 9.17) is 0 Å². The van der Waals surface area contributed by atoms with Crippen molar-refractivity contribution in [2.45, 2.75) is 50.8 Å². The first-order chi connectivity index (χ1) is 8.01. The van der Waals surface area contributed by atoms with Crippen molar-refractivity contribution in [2.24, 2.45) is 5.92 Å². The topological polar surface area (TPSA) is 49.4 Å². The Kier molecular flexibility index (Phi) is 4.10. The van der Waals surface area contributed by atoms with Crippen LogP contribution in [0.4, 0.5) is 0 Å². The van der Waals surface area contributed by atoms with Gasteiger partial charge in [-0.25, -0.2) is 8.42 Å². The van der Waals surface area contributed by atoms with E-state index in [1.165, 1.54) is 12.8 Å². The minimum atomic E-state index is -3.11. The van der Waals surface area contributed by atoms with E-state index in [0.717, 1.165) is 25.9 Å². The normalized spacial score (nSPS) is 26.7. The molecule has 1 aliphatic heterocycles. The molecule has 0 bridgehead atoms. The predicted molar refractivity (Wildman–Crippen MR) is 69.4 cm³/mol. The van der Waals surface area contributed by atoms with Gasteiger partial charge < -0.3 is 5.32 Å². The van der Waals surface area contributed by atoms with E-state index >= 15 is 0 Å². The summed E-state index contributed by atoms with van der Waals surface area (Å²) in [4.78, 5) is 0. The van der Waals surface area contributed by atoms with Gasteiger partial charge in [-0.05, 0) is 52.0 Å². The van der Waals surface area contributed by atoms with E-state index in [1.807, 2.05) is 13.8 Å². The van der Waals surface area contributed by atoms with Crippen LogP contribution in [0.5, 0.6) is 0 Å². The predicted octanol–water partition coefficient (Wildman–Crippen LogP) is 1.19. The van der Waals surface area contributed by atoms with Crippen molar-refractivity contribution in [3.05, 3.63) is 0 Å². The van der Waals surface area contributed by atoms with Crippen molar-refractivity contribution < 1.29 is 8.42 Å². The summed E-state index contributed by atoms with van der Waals surface area (Å²) in [7, 11) is -3.11. The Morgan fingerprint density at radius 3 is 2.47 bits per heavy atom. The minimum Gasteiger partial charge on any atom is -0.315 e. The summed E-state index contributed by atoms with van der Waals surface area (Å²) in [5, 5.41) is 2.99. The molecule has 1 saturated carbocycles. The summed E-state index contributed by atoms with van der Waals surface area (Å²) in [5.74, 6) is 0.615. The fourth-order valence-corrected chi connectivity index (χ4v) is 4.61. The summed E-state index contributed by atoms with van der Waals surface area (Å²) in [6, 6.07) is 0.0857. The van der Waals surface area contributed by atoms with Crippen molar-refractivity contribution in [1.29, 1.82) is 0 Å². The van der Waals surface area contributed by atoms with Gasteiger partial charge in [-0.3, -0.25) is 0 Å². The molecule has 1 atom stereocenters. The van der Waals surface area contributed by atoms with Crippen LogP contribution in [0.2, 0.25) is 0 Å². The first-order valence-electron chi connectivity index (χ1n) is 6.73. The first-order valence-corrected chi connectivity index (χ1v) is 8.23. The highest BCUT2D eigenvalue weighted by Gasteiger charge is 2.37. The number of rotatable bonds is 5. The van der Waals surface area contributed by atoms with Crippen LogP contribution in [0, 0.1) is 5.92 Å². The maximum Gasteiger partial charge on any atom is 0.218 e. The molecular formula is C12H24N2O2S. The van der Waals surface area contributed by atoms with Crippen LogP contribution in [-0.4, -0.2) is 43.6 Å². The molecule has 1 aliphatic carbocycles. The second kappa shape index (κ2) is 5.24. The van der Waals surface area contributed by atoms with Gasteiger partial charge >= 0.3 is 0 Å². The zero-order valence-corrected chi connectivity index (χ0v) is 11.7. The maximum atomic E-state index is 12.6. The third-order valence-corrected chi connectivity index (χ3v) is 6.18. The molecule has 1 unspecified atom stereocenters. The van der Waals surface area contributed by atoms with Gasteiger partial charge in [0.1, 0.15) is 0 Å². The summed E-state index contributed by atoms with van der Waals surface area (Å²) in [5.41, 5.74) is 0. The van der Waals surface area contributed by atoms with Crippen LogP contribution in [-0.2, 0) is 10.0 Å². The molecule has 100 valence electrons. The molecule has 0 amide bonds. The van der Waals surface area contributed by atoms with Crippen molar-refractivity contribution in [1.82, 2.24) is 9.62 Å². The Balaban J connectivity index is 2.08. The Labute approximate surface area is 105 Å². The molecule has 0 radical (unpaired) electrons. The average Bonchev–Trinajstić information content (AvgIpc) is 3.10. The quantitative estimate of drug-likeness (QED) is 0.808. The average molecular weight is 260 g/mol. The van der Waals surface area contributed by atoms with E-state index in [1.54, 1.807) is 4.31 Å². The number of hydrogen-bond acceptors (Lipinski definition) is 3. The molecule has 1 N–H and O–H groups in total. The SMILES string of the molecule is CC(C)N(CC1CC1)S(=O)(=O)C1CCCNC1. The number of sulfonamides is 1. The zero-order chi connectivity index (χ0) is 12.5. The third-order valence-electron chi connectivity index (χ3n) is 3.71. The fraction of sp³-hybridized carbons (Fsp3) is 1.00. The summed E-state index contributed by atoms with van der Waals surface area (Å²) in [6.45, 7) is 6.27. The lowest BCUT2D eigenvalue weighted by Crippen LogP contribution is -2.49. The molecular weight excluding hydrogens is 236 g/mol. The van der Waals surface area contributed by atoms with Crippen LogP contribution in [0.25, 0.3) is 0 Å². The summed E-state index contributed by atoms with van der Waals surface area (Å²) in [6.07, 6.45) is 4.17. The molecule has 2 fully saturated rings. The van der Waals surface area contributed by atoms with Crippen LogP contribution >= 0.6 is 0 Å². The molecule has 4 nitrogen and oxygen atoms in total. The molecule has 0 aromatic heterocycles. The van der Waals surface area contributed by atoms with Gasteiger partial charge in [0.15, 0.2) is 0 Å². The van der Waals surface area contributed by atoms with Crippen LogP contribution in [0.3, 0.4) is 0 Å². The Bertz CT molecular complexity index is 344. The highest BCUT2D eigenvalue weighted by molar-refractivity contribution is 7.89. The Morgan fingerprint density at radius 1 is 1.29 bits per heavy atom. The van der Waals surface area contributed by atoms with E-state index in [-0.39, 0.29) is 11.3 Å². The molecule has 17 heavy (non-hydrogen) atoms. The molecule has 0 spiro atoms. The van der Waals surface area contributed by atoms with Gasteiger partial charge in [0.2, 0.25) is 10.0 Å². The van der Waals surface area contributed by atoms with E-state index in [0.29, 0.717) is 12.5 Å². The number of piperidine rings is 1. The minimum absolute atomic E-state index is 0.0857.